The van der Waals surface area contributed by atoms with Gasteiger partial charge in [-0.05, 0) is 48.1 Å². The molecule has 1 unspecified atom stereocenters. The average Bonchev–Trinajstić information content (AvgIpc) is 3.13. The topological polar surface area (TPSA) is 63.2 Å². The summed E-state index contributed by atoms with van der Waals surface area (Å²) in [6, 6.07) is 11.8. The van der Waals surface area contributed by atoms with Crippen molar-refractivity contribution in [2.24, 2.45) is 0 Å². The summed E-state index contributed by atoms with van der Waals surface area (Å²) in [5.74, 6) is 0.548. The molecule has 26 heavy (non-hydrogen) atoms. The van der Waals surface area contributed by atoms with Crippen LogP contribution < -0.4 is 10.6 Å². The van der Waals surface area contributed by atoms with Crippen LogP contribution in [0, 0.1) is 0 Å². The van der Waals surface area contributed by atoms with Gasteiger partial charge in [0.05, 0.1) is 6.10 Å². The van der Waals surface area contributed by atoms with Crippen LogP contribution in [0.2, 0.25) is 0 Å². The summed E-state index contributed by atoms with van der Waals surface area (Å²) in [5, 5.41) is 6.20. The predicted octanol–water partition coefficient (Wildman–Crippen LogP) is 4.03. The molecule has 1 aliphatic rings. The number of carbonyl (C=O) groups is 1. The van der Waals surface area contributed by atoms with Crippen molar-refractivity contribution in [1.82, 2.24) is 10.3 Å². The number of benzene rings is 1. The van der Waals surface area contributed by atoms with Crippen molar-refractivity contribution in [3.05, 3.63) is 53.7 Å². The van der Waals surface area contributed by atoms with Gasteiger partial charge in [-0.15, -0.1) is 0 Å². The third kappa shape index (κ3) is 4.82. The molecule has 2 N–H and O–H groups in total. The Morgan fingerprint density at radius 3 is 2.65 bits per heavy atom. The molecular weight excluding hydrogens is 326 g/mol. The molecule has 2 aromatic rings. The third-order valence-electron chi connectivity index (χ3n) is 4.56. The van der Waals surface area contributed by atoms with Gasteiger partial charge in [-0.1, -0.05) is 32.9 Å². The number of hydrogen-bond donors (Lipinski definition) is 2. The molecule has 0 aliphatic carbocycles. The van der Waals surface area contributed by atoms with E-state index in [1.807, 2.05) is 12.1 Å². The summed E-state index contributed by atoms with van der Waals surface area (Å²) in [7, 11) is 0. The van der Waals surface area contributed by atoms with E-state index in [9.17, 15) is 4.79 Å². The average molecular weight is 353 g/mol. The maximum atomic E-state index is 12.3. The van der Waals surface area contributed by atoms with Crippen LogP contribution in [0.15, 0.2) is 42.6 Å². The lowest BCUT2D eigenvalue weighted by atomic mass is 9.87. The van der Waals surface area contributed by atoms with Gasteiger partial charge in [-0.2, -0.15) is 0 Å². The van der Waals surface area contributed by atoms with Crippen LogP contribution in [0.5, 0.6) is 0 Å². The van der Waals surface area contributed by atoms with Gasteiger partial charge in [0.15, 0.2) is 0 Å². The number of amides is 1. The van der Waals surface area contributed by atoms with Crippen LogP contribution in [-0.4, -0.2) is 30.1 Å². The van der Waals surface area contributed by atoms with Gasteiger partial charge in [0.1, 0.15) is 5.82 Å². The van der Waals surface area contributed by atoms with Gasteiger partial charge >= 0.3 is 0 Å². The number of ether oxygens (including phenoxy) is 1. The second-order valence-corrected chi connectivity index (χ2v) is 7.73. The van der Waals surface area contributed by atoms with E-state index in [0.29, 0.717) is 17.9 Å². The van der Waals surface area contributed by atoms with Gasteiger partial charge in [-0.25, -0.2) is 4.98 Å². The van der Waals surface area contributed by atoms with Crippen molar-refractivity contribution < 1.29 is 9.53 Å². The van der Waals surface area contributed by atoms with E-state index in [0.717, 1.165) is 25.1 Å². The number of nitrogens with one attached hydrogen (secondary N) is 2. The molecule has 3 rings (SSSR count). The van der Waals surface area contributed by atoms with E-state index < -0.39 is 0 Å². The fraction of sp³-hybridized carbons (Fsp3) is 0.429. The summed E-state index contributed by atoms with van der Waals surface area (Å²) in [6.45, 7) is 7.91. The van der Waals surface area contributed by atoms with Crippen molar-refractivity contribution >= 4 is 17.4 Å². The molecule has 0 bridgehead atoms. The molecule has 1 amide bonds. The lowest BCUT2D eigenvalue weighted by molar-refractivity contribution is 0.0857. The molecule has 1 aromatic carbocycles. The van der Waals surface area contributed by atoms with Crippen LogP contribution >= 0.6 is 0 Å². The molecule has 5 heteroatoms. The van der Waals surface area contributed by atoms with Gasteiger partial charge < -0.3 is 15.4 Å². The first-order valence-corrected chi connectivity index (χ1v) is 9.15. The van der Waals surface area contributed by atoms with Crippen LogP contribution in [0.3, 0.4) is 0 Å². The Labute approximate surface area is 155 Å². The normalized spacial score (nSPS) is 17.1. The van der Waals surface area contributed by atoms with E-state index in [4.69, 9.17) is 4.74 Å². The minimum Gasteiger partial charge on any atom is -0.376 e. The summed E-state index contributed by atoms with van der Waals surface area (Å²) < 4.78 is 5.54. The Hall–Kier alpha value is -2.40. The lowest BCUT2D eigenvalue weighted by Crippen LogP contribution is -2.31. The standard InChI is InChI=1S/C21H27N3O2/c1-21(2,3)16-6-8-17(9-7-16)24-19-13-15(10-11-22-19)20(25)23-14-18-5-4-12-26-18/h6-11,13,18H,4-5,12,14H2,1-3H3,(H,22,24)(H,23,25). The zero-order chi connectivity index (χ0) is 18.6. The van der Waals surface area contributed by atoms with Crippen LogP contribution in [0.1, 0.15) is 49.5 Å². The van der Waals surface area contributed by atoms with Crippen molar-refractivity contribution in [1.29, 1.82) is 0 Å². The maximum Gasteiger partial charge on any atom is 0.251 e. The zero-order valence-corrected chi connectivity index (χ0v) is 15.7. The van der Waals surface area contributed by atoms with Crippen molar-refractivity contribution in [3.63, 3.8) is 0 Å². The number of carbonyl (C=O) groups excluding carboxylic acids is 1. The SMILES string of the molecule is CC(C)(C)c1ccc(Nc2cc(C(=O)NCC3CCCO3)ccn2)cc1. The predicted molar refractivity (Wildman–Crippen MR) is 104 cm³/mol. The minimum absolute atomic E-state index is 0.103. The zero-order valence-electron chi connectivity index (χ0n) is 15.7. The Morgan fingerprint density at radius 1 is 1.23 bits per heavy atom. The molecule has 1 atom stereocenters. The Bertz CT molecular complexity index is 745. The minimum atomic E-state index is -0.103. The molecule has 5 nitrogen and oxygen atoms in total. The molecule has 0 spiro atoms. The number of nitrogens with zero attached hydrogens (tertiary/aromatic N) is 1. The maximum absolute atomic E-state index is 12.3. The summed E-state index contributed by atoms with van der Waals surface area (Å²) in [4.78, 5) is 16.6. The van der Waals surface area contributed by atoms with Gasteiger partial charge in [0.2, 0.25) is 0 Å². The number of rotatable bonds is 5. The van der Waals surface area contributed by atoms with Gasteiger partial charge in [-0.3, -0.25) is 4.79 Å². The van der Waals surface area contributed by atoms with Crippen molar-refractivity contribution in [2.75, 3.05) is 18.5 Å². The number of hydrogen-bond acceptors (Lipinski definition) is 4. The summed E-state index contributed by atoms with van der Waals surface area (Å²) in [5.41, 5.74) is 2.94. The fourth-order valence-corrected chi connectivity index (χ4v) is 2.96. The van der Waals surface area contributed by atoms with E-state index in [1.54, 1.807) is 18.3 Å². The highest BCUT2D eigenvalue weighted by molar-refractivity contribution is 5.94. The van der Waals surface area contributed by atoms with Gasteiger partial charge in [0, 0.05) is 30.6 Å². The van der Waals surface area contributed by atoms with E-state index in [-0.39, 0.29) is 17.4 Å². The second kappa shape index (κ2) is 7.87. The molecule has 0 saturated carbocycles. The van der Waals surface area contributed by atoms with E-state index in [2.05, 4.69) is 48.5 Å². The highest BCUT2D eigenvalue weighted by Crippen LogP contribution is 2.24. The van der Waals surface area contributed by atoms with Crippen LogP contribution in [0.25, 0.3) is 0 Å². The highest BCUT2D eigenvalue weighted by Gasteiger charge is 2.17. The smallest absolute Gasteiger partial charge is 0.251 e. The quantitative estimate of drug-likeness (QED) is 0.852. The first kappa shape index (κ1) is 18.4. The third-order valence-corrected chi connectivity index (χ3v) is 4.56. The highest BCUT2D eigenvalue weighted by atomic mass is 16.5. The number of aromatic nitrogens is 1. The lowest BCUT2D eigenvalue weighted by Gasteiger charge is -2.19. The first-order chi connectivity index (χ1) is 12.4. The first-order valence-electron chi connectivity index (χ1n) is 9.15. The van der Waals surface area contributed by atoms with E-state index >= 15 is 0 Å². The van der Waals surface area contributed by atoms with Crippen molar-refractivity contribution in [2.45, 2.75) is 45.1 Å². The molecule has 2 heterocycles. The second-order valence-electron chi connectivity index (χ2n) is 7.73. The molecule has 1 fully saturated rings. The summed E-state index contributed by atoms with van der Waals surface area (Å²) in [6.07, 6.45) is 3.86. The molecule has 1 aromatic heterocycles. The number of pyridine rings is 1. The van der Waals surface area contributed by atoms with Crippen LogP contribution in [-0.2, 0) is 10.2 Å². The van der Waals surface area contributed by atoms with Crippen LogP contribution in [0.4, 0.5) is 11.5 Å². The molecule has 0 radical (unpaired) electrons. The van der Waals surface area contributed by atoms with Gasteiger partial charge in [0.25, 0.3) is 5.91 Å². The van der Waals surface area contributed by atoms with Crippen molar-refractivity contribution in [3.8, 4) is 0 Å². The Balaban J connectivity index is 1.62. The molecule has 1 aliphatic heterocycles. The molecule has 138 valence electrons. The molecule has 1 saturated heterocycles. The Morgan fingerprint density at radius 2 is 2.00 bits per heavy atom. The monoisotopic (exact) mass is 353 g/mol. The number of anilines is 2. The largest absolute Gasteiger partial charge is 0.376 e. The Kier molecular flexibility index (Phi) is 5.57. The van der Waals surface area contributed by atoms with E-state index in [1.165, 1.54) is 5.56 Å². The fourth-order valence-electron chi connectivity index (χ4n) is 2.96. The molecular formula is C21H27N3O2. The summed E-state index contributed by atoms with van der Waals surface area (Å²) >= 11 is 0.